The zero-order valence-corrected chi connectivity index (χ0v) is 9.30. The van der Waals surface area contributed by atoms with E-state index in [1.165, 1.54) is 12.8 Å². The molecule has 78 valence electrons. The summed E-state index contributed by atoms with van der Waals surface area (Å²) >= 11 is 6.10. The van der Waals surface area contributed by atoms with Gasteiger partial charge in [-0.05, 0) is 31.5 Å². The number of nitrogens with zero attached hydrogens (tertiary/aromatic N) is 2. The lowest BCUT2D eigenvalue weighted by Gasteiger charge is -2.15. The minimum Gasteiger partial charge on any atom is -0.299 e. The van der Waals surface area contributed by atoms with E-state index < -0.39 is 0 Å². The summed E-state index contributed by atoms with van der Waals surface area (Å²) in [7, 11) is 0. The van der Waals surface area contributed by atoms with Crippen LogP contribution in [0.25, 0.3) is 4.85 Å². The number of hydrogen-bond acceptors (Lipinski definition) is 1. The van der Waals surface area contributed by atoms with Gasteiger partial charge in [-0.15, -0.1) is 0 Å². The van der Waals surface area contributed by atoms with Gasteiger partial charge in [-0.2, -0.15) is 0 Å². The van der Waals surface area contributed by atoms with E-state index in [0.717, 1.165) is 30.2 Å². The van der Waals surface area contributed by atoms with Gasteiger partial charge in [-0.1, -0.05) is 29.8 Å². The Balaban J connectivity index is 2.15. The first-order valence-corrected chi connectivity index (χ1v) is 5.55. The number of likely N-dealkylation sites (tertiary alicyclic amines) is 1. The van der Waals surface area contributed by atoms with E-state index in [4.69, 9.17) is 18.2 Å². The van der Waals surface area contributed by atoms with Crippen LogP contribution in [0.5, 0.6) is 0 Å². The first-order chi connectivity index (χ1) is 7.29. The van der Waals surface area contributed by atoms with Gasteiger partial charge in [0.25, 0.3) is 0 Å². The molecule has 0 radical (unpaired) electrons. The smallest absolute Gasteiger partial charge is 0.187 e. The van der Waals surface area contributed by atoms with E-state index >= 15 is 0 Å². The molecule has 1 saturated heterocycles. The van der Waals surface area contributed by atoms with Crippen LogP contribution < -0.4 is 0 Å². The normalized spacial score (nSPS) is 16.5. The van der Waals surface area contributed by atoms with Gasteiger partial charge < -0.3 is 0 Å². The SMILES string of the molecule is [C-]#[N+]c1ccc(Cl)c(CN2CCCC2)c1. The molecular weight excluding hydrogens is 208 g/mol. The van der Waals surface area contributed by atoms with Crippen molar-refractivity contribution in [1.82, 2.24) is 4.90 Å². The summed E-state index contributed by atoms with van der Waals surface area (Å²) in [5.74, 6) is 0. The molecular formula is C12H13ClN2. The molecule has 1 heterocycles. The maximum absolute atomic E-state index is 6.96. The minimum atomic E-state index is 0.675. The van der Waals surface area contributed by atoms with Gasteiger partial charge in [0.2, 0.25) is 0 Å². The zero-order chi connectivity index (χ0) is 10.7. The third-order valence-electron chi connectivity index (χ3n) is 2.75. The van der Waals surface area contributed by atoms with Crippen molar-refractivity contribution in [3.8, 4) is 0 Å². The lowest BCUT2D eigenvalue weighted by molar-refractivity contribution is 0.331. The van der Waals surface area contributed by atoms with Crippen LogP contribution in [-0.2, 0) is 6.54 Å². The second-order valence-corrected chi connectivity index (χ2v) is 4.28. The fourth-order valence-electron chi connectivity index (χ4n) is 1.93. The first kappa shape index (κ1) is 10.5. The third kappa shape index (κ3) is 2.50. The molecule has 15 heavy (non-hydrogen) atoms. The predicted molar refractivity (Wildman–Crippen MR) is 62.2 cm³/mol. The van der Waals surface area contributed by atoms with E-state index in [1.54, 1.807) is 6.07 Å². The lowest BCUT2D eigenvalue weighted by Crippen LogP contribution is -2.18. The van der Waals surface area contributed by atoms with E-state index in [0.29, 0.717) is 5.69 Å². The molecule has 0 amide bonds. The van der Waals surface area contributed by atoms with Gasteiger partial charge in [0.05, 0.1) is 6.57 Å². The van der Waals surface area contributed by atoms with Crippen molar-refractivity contribution in [3.63, 3.8) is 0 Å². The van der Waals surface area contributed by atoms with Crippen LogP contribution >= 0.6 is 11.6 Å². The molecule has 0 unspecified atom stereocenters. The molecule has 1 aromatic carbocycles. The molecule has 1 aliphatic rings. The molecule has 1 aliphatic heterocycles. The van der Waals surface area contributed by atoms with Crippen LogP contribution in [0, 0.1) is 6.57 Å². The summed E-state index contributed by atoms with van der Waals surface area (Å²) in [6.07, 6.45) is 2.56. The van der Waals surface area contributed by atoms with E-state index in [9.17, 15) is 0 Å². The fourth-order valence-corrected chi connectivity index (χ4v) is 2.11. The van der Waals surface area contributed by atoms with E-state index in [-0.39, 0.29) is 0 Å². The van der Waals surface area contributed by atoms with Crippen molar-refractivity contribution in [2.75, 3.05) is 13.1 Å². The average molecular weight is 221 g/mol. The highest BCUT2D eigenvalue weighted by Gasteiger charge is 2.13. The quantitative estimate of drug-likeness (QED) is 0.693. The van der Waals surface area contributed by atoms with Gasteiger partial charge >= 0.3 is 0 Å². The van der Waals surface area contributed by atoms with Crippen LogP contribution in [0.15, 0.2) is 18.2 Å². The van der Waals surface area contributed by atoms with Gasteiger partial charge in [-0.25, -0.2) is 4.85 Å². The van der Waals surface area contributed by atoms with Crippen LogP contribution in [0.1, 0.15) is 18.4 Å². The lowest BCUT2D eigenvalue weighted by atomic mass is 10.2. The molecule has 0 saturated carbocycles. The van der Waals surface area contributed by atoms with E-state index in [1.807, 2.05) is 12.1 Å². The van der Waals surface area contributed by atoms with Gasteiger partial charge in [0, 0.05) is 11.6 Å². The number of halogens is 1. The Labute approximate surface area is 95.3 Å². The summed E-state index contributed by atoms with van der Waals surface area (Å²) < 4.78 is 0. The maximum atomic E-state index is 6.96. The Morgan fingerprint density at radius 3 is 2.73 bits per heavy atom. The summed E-state index contributed by atoms with van der Waals surface area (Å²) in [4.78, 5) is 5.80. The van der Waals surface area contributed by atoms with E-state index in [2.05, 4.69) is 9.74 Å². The summed E-state index contributed by atoms with van der Waals surface area (Å²) in [5.41, 5.74) is 1.75. The third-order valence-corrected chi connectivity index (χ3v) is 3.12. The van der Waals surface area contributed by atoms with Crippen LogP contribution in [-0.4, -0.2) is 18.0 Å². The summed E-state index contributed by atoms with van der Waals surface area (Å²) in [6.45, 7) is 10.1. The first-order valence-electron chi connectivity index (χ1n) is 5.18. The molecule has 0 spiro atoms. The average Bonchev–Trinajstić information content (AvgIpc) is 2.74. The standard InChI is InChI=1S/C12H13ClN2/c1-14-11-4-5-12(13)10(8-11)9-15-6-2-3-7-15/h4-5,8H,2-3,6-7,9H2. The van der Waals surface area contributed by atoms with Crippen molar-refractivity contribution in [1.29, 1.82) is 0 Å². The Morgan fingerprint density at radius 1 is 1.33 bits per heavy atom. The Bertz CT molecular complexity index is 389. The van der Waals surface area contributed by atoms with Crippen molar-refractivity contribution in [2.45, 2.75) is 19.4 Å². The second-order valence-electron chi connectivity index (χ2n) is 3.87. The van der Waals surface area contributed by atoms with Crippen molar-refractivity contribution in [3.05, 3.63) is 40.2 Å². The van der Waals surface area contributed by atoms with Crippen LogP contribution in [0.4, 0.5) is 5.69 Å². The molecule has 1 aromatic rings. The monoisotopic (exact) mass is 220 g/mol. The summed E-state index contributed by atoms with van der Waals surface area (Å²) in [5, 5.41) is 0.773. The molecule has 1 fully saturated rings. The summed E-state index contributed by atoms with van der Waals surface area (Å²) in [6, 6.07) is 5.48. The topological polar surface area (TPSA) is 7.60 Å². The number of rotatable bonds is 2. The zero-order valence-electron chi connectivity index (χ0n) is 8.54. The maximum Gasteiger partial charge on any atom is 0.187 e. The Morgan fingerprint density at radius 2 is 2.07 bits per heavy atom. The Hall–Kier alpha value is -1.04. The van der Waals surface area contributed by atoms with Crippen LogP contribution in [0.2, 0.25) is 5.02 Å². The molecule has 0 bridgehead atoms. The van der Waals surface area contributed by atoms with Crippen molar-refractivity contribution < 1.29 is 0 Å². The van der Waals surface area contributed by atoms with Crippen LogP contribution in [0.3, 0.4) is 0 Å². The molecule has 0 aliphatic carbocycles. The van der Waals surface area contributed by atoms with Gasteiger partial charge in [0.15, 0.2) is 5.69 Å². The highest BCUT2D eigenvalue weighted by Crippen LogP contribution is 2.24. The Kier molecular flexibility index (Phi) is 3.25. The number of hydrogen-bond donors (Lipinski definition) is 0. The van der Waals surface area contributed by atoms with Crippen molar-refractivity contribution in [2.24, 2.45) is 0 Å². The fraction of sp³-hybridized carbons (Fsp3) is 0.417. The van der Waals surface area contributed by atoms with Crippen molar-refractivity contribution >= 4 is 17.3 Å². The molecule has 0 N–H and O–H groups in total. The molecule has 0 atom stereocenters. The molecule has 3 heteroatoms. The molecule has 0 aromatic heterocycles. The minimum absolute atomic E-state index is 0.675. The van der Waals surface area contributed by atoms with Gasteiger partial charge in [0.1, 0.15) is 0 Å². The highest BCUT2D eigenvalue weighted by molar-refractivity contribution is 6.31. The second kappa shape index (κ2) is 4.65. The predicted octanol–water partition coefficient (Wildman–Crippen LogP) is 3.49. The highest BCUT2D eigenvalue weighted by atomic mass is 35.5. The molecule has 2 rings (SSSR count). The molecule has 2 nitrogen and oxygen atoms in total. The number of benzene rings is 1. The van der Waals surface area contributed by atoms with Gasteiger partial charge in [-0.3, -0.25) is 4.90 Å². The largest absolute Gasteiger partial charge is 0.299 e.